The SMILES string of the molecule is CCc1ccc(NC(=O)[C@@H]2Sc3nnc(-c4ccccc4)n3N[C@H]2c2ccc(OC)cc2)cc1. The number of thioether (sulfide) groups is 1. The number of anilines is 1. The summed E-state index contributed by atoms with van der Waals surface area (Å²) in [5.41, 5.74) is 7.41. The molecule has 3 aromatic carbocycles. The molecule has 4 aromatic rings. The van der Waals surface area contributed by atoms with E-state index in [1.165, 1.54) is 17.3 Å². The Bertz CT molecular complexity index is 1270. The predicted molar refractivity (Wildman–Crippen MR) is 135 cm³/mol. The van der Waals surface area contributed by atoms with Crippen molar-refractivity contribution in [3.8, 4) is 17.1 Å². The molecule has 1 aliphatic rings. The van der Waals surface area contributed by atoms with Gasteiger partial charge in [0.2, 0.25) is 11.1 Å². The van der Waals surface area contributed by atoms with Crippen LogP contribution in [0.1, 0.15) is 24.1 Å². The Kier molecular flexibility index (Phi) is 6.22. The largest absolute Gasteiger partial charge is 0.497 e. The van der Waals surface area contributed by atoms with E-state index in [4.69, 9.17) is 4.74 Å². The number of ether oxygens (including phenoxy) is 1. The van der Waals surface area contributed by atoms with Gasteiger partial charge in [-0.3, -0.25) is 4.79 Å². The third-order valence-electron chi connectivity index (χ3n) is 5.83. The summed E-state index contributed by atoms with van der Waals surface area (Å²) in [5.74, 6) is 1.37. The van der Waals surface area contributed by atoms with Gasteiger partial charge in [0.25, 0.3) is 0 Å². The standard InChI is InChI=1S/C26H25N5O2S/c1-3-17-9-13-20(14-10-17)27-25(32)23-22(18-11-15-21(33-2)16-12-18)30-31-24(28-29-26(31)34-23)19-7-5-4-6-8-19/h4-16,22-23,30H,3H2,1-2H3,(H,27,32)/t22-,23+/m0/s1. The van der Waals surface area contributed by atoms with Gasteiger partial charge >= 0.3 is 0 Å². The minimum absolute atomic E-state index is 0.0990. The van der Waals surface area contributed by atoms with Crippen LogP contribution in [-0.4, -0.2) is 33.1 Å². The van der Waals surface area contributed by atoms with Crippen LogP contribution in [-0.2, 0) is 11.2 Å². The number of carbonyl (C=O) groups is 1. The van der Waals surface area contributed by atoms with Crippen molar-refractivity contribution >= 4 is 23.4 Å². The van der Waals surface area contributed by atoms with E-state index in [1.807, 2.05) is 83.5 Å². The monoisotopic (exact) mass is 471 g/mol. The number of benzene rings is 3. The molecule has 2 atom stereocenters. The van der Waals surface area contributed by atoms with Crippen molar-refractivity contribution < 1.29 is 9.53 Å². The van der Waals surface area contributed by atoms with E-state index < -0.39 is 5.25 Å². The molecule has 8 heteroatoms. The van der Waals surface area contributed by atoms with E-state index >= 15 is 0 Å². The number of amides is 1. The van der Waals surface area contributed by atoms with Crippen molar-refractivity contribution in [2.75, 3.05) is 17.9 Å². The Morgan fingerprint density at radius 3 is 2.44 bits per heavy atom. The highest BCUT2D eigenvalue weighted by molar-refractivity contribution is 8.00. The molecule has 0 aliphatic carbocycles. The number of aromatic nitrogens is 3. The molecule has 0 bridgehead atoms. The average Bonchev–Trinajstić information content (AvgIpc) is 3.32. The number of nitrogens with one attached hydrogen (secondary N) is 2. The number of hydrogen-bond acceptors (Lipinski definition) is 6. The molecule has 0 saturated carbocycles. The average molecular weight is 472 g/mol. The smallest absolute Gasteiger partial charge is 0.240 e. The maximum absolute atomic E-state index is 13.5. The first kappa shape index (κ1) is 22.0. The summed E-state index contributed by atoms with van der Waals surface area (Å²) in [6.07, 6.45) is 0.954. The minimum Gasteiger partial charge on any atom is -0.497 e. The zero-order valence-electron chi connectivity index (χ0n) is 18.9. The normalized spacial score (nSPS) is 16.9. The zero-order chi connectivity index (χ0) is 23.5. The van der Waals surface area contributed by atoms with Gasteiger partial charge < -0.3 is 15.5 Å². The van der Waals surface area contributed by atoms with Crippen molar-refractivity contribution in [1.82, 2.24) is 14.9 Å². The summed E-state index contributed by atoms with van der Waals surface area (Å²) in [4.78, 5) is 13.5. The van der Waals surface area contributed by atoms with Crippen molar-refractivity contribution in [1.29, 1.82) is 0 Å². The first-order chi connectivity index (χ1) is 16.7. The van der Waals surface area contributed by atoms with E-state index in [1.54, 1.807) is 7.11 Å². The first-order valence-corrected chi connectivity index (χ1v) is 12.0. The second-order valence-electron chi connectivity index (χ2n) is 7.97. The third kappa shape index (κ3) is 4.36. The topological polar surface area (TPSA) is 81.1 Å². The maximum Gasteiger partial charge on any atom is 0.240 e. The van der Waals surface area contributed by atoms with E-state index in [2.05, 4.69) is 27.9 Å². The van der Waals surface area contributed by atoms with Crippen LogP contribution in [0.3, 0.4) is 0 Å². The molecule has 34 heavy (non-hydrogen) atoms. The molecule has 0 fully saturated rings. The predicted octanol–water partition coefficient (Wildman–Crippen LogP) is 4.91. The van der Waals surface area contributed by atoms with Crippen molar-refractivity contribution in [3.05, 3.63) is 90.0 Å². The lowest BCUT2D eigenvalue weighted by Gasteiger charge is -2.33. The van der Waals surface area contributed by atoms with Crippen LogP contribution < -0.4 is 15.5 Å². The van der Waals surface area contributed by atoms with Crippen LogP contribution >= 0.6 is 11.8 Å². The van der Waals surface area contributed by atoms with Gasteiger partial charge in [-0.2, -0.15) is 0 Å². The highest BCUT2D eigenvalue weighted by Crippen LogP contribution is 2.39. The van der Waals surface area contributed by atoms with Gasteiger partial charge in [-0.1, -0.05) is 73.3 Å². The Morgan fingerprint density at radius 1 is 1.03 bits per heavy atom. The van der Waals surface area contributed by atoms with Crippen LogP contribution in [0.15, 0.2) is 84.0 Å². The van der Waals surface area contributed by atoms with Crippen LogP contribution in [0.2, 0.25) is 0 Å². The molecule has 0 radical (unpaired) electrons. The minimum atomic E-state index is -0.459. The van der Waals surface area contributed by atoms with Gasteiger partial charge in [0.05, 0.1) is 13.2 Å². The second kappa shape index (κ2) is 9.61. The summed E-state index contributed by atoms with van der Waals surface area (Å²) >= 11 is 1.40. The molecule has 0 unspecified atom stereocenters. The molecule has 1 aromatic heterocycles. The van der Waals surface area contributed by atoms with Gasteiger partial charge in [-0.05, 0) is 41.8 Å². The molecule has 1 aliphatic heterocycles. The van der Waals surface area contributed by atoms with Crippen LogP contribution in [0, 0.1) is 0 Å². The summed E-state index contributed by atoms with van der Waals surface area (Å²) in [5, 5.41) is 12.0. The van der Waals surface area contributed by atoms with Gasteiger partial charge in [-0.25, -0.2) is 4.68 Å². The van der Waals surface area contributed by atoms with E-state index in [9.17, 15) is 4.79 Å². The highest BCUT2D eigenvalue weighted by atomic mass is 32.2. The van der Waals surface area contributed by atoms with Crippen molar-refractivity contribution in [3.63, 3.8) is 0 Å². The lowest BCUT2D eigenvalue weighted by Crippen LogP contribution is -2.41. The van der Waals surface area contributed by atoms with Crippen LogP contribution in [0.5, 0.6) is 5.75 Å². The lowest BCUT2D eigenvalue weighted by molar-refractivity contribution is -0.116. The summed E-state index contributed by atoms with van der Waals surface area (Å²) in [6, 6.07) is 25.3. The molecular weight excluding hydrogens is 446 g/mol. The van der Waals surface area contributed by atoms with Crippen LogP contribution in [0.25, 0.3) is 11.4 Å². The number of fused-ring (bicyclic) bond motifs is 1. The van der Waals surface area contributed by atoms with E-state index in [0.717, 1.165) is 29.0 Å². The molecule has 1 amide bonds. The van der Waals surface area contributed by atoms with Gasteiger partial charge in [0.15, 0.2) is 5.82 Å². The number of methoxy groups -OCH3 is 1. The molecule has 7 nitrogen and oxygen atoms in total. The number of hydrogen-bond donors (Lipinski definition) is 2. The highest BCUT2D eigenvalue weighted by Gasteiger charge is 2.38. The molecule has 2 heterocycles. The van der Waals surface area contributed by atoms with Crippen molar-refractivity contribution in [2.24, 2.45) is 0 Å². The zero-order valence-corrected chi connectivity index (χ0v) is 19.8. The van der Waals surface area contributed by atoms with E-state index in [-0.39, 0.29) is 11.9 Å². The Morgan fingerprint density at radius 2 is 1.76 bits per heavy atom. The third-order valence-corrected chi connectivity index (χ3v) is 7.05. The van der Waals surface area contributed by atoms with E-state index in [0.29, 0.717) is 11.0 Å². The quantitative estimate of drug-likeness (QED) is 0.416. The number of carbonyl (C=O) groups excluding carboxylic acids is 1. The number of rotatable bonds is 6. The molecule has 172 valence electrons. The Labute approximate surface area is 202 Å². The summed E-state index contributed by atoms with van der Waals surface area (Å²) in [7, 11) is 1.64. The fourth-order valence-electron chi connectivity index (χ4n) is 3.93. The fourth-order valence-corrected chi connectivity index (χ4v) is 5.01. The number of aryl methyl sites for hydroxylation is 1. The fraction of sp³-hybridized carbons (Fsp3) is 0.192. The number of nitrogens with zero attached hydrogens (tertiary/aromatic N) is 3. The van der Waals surface area contributed by atoms with Gasteiger partial charge in [0, 0.05) is 11.3 Å². The van der Waals surface area contributed by atoms with Gasteiger partial charge in [0.1, 0.15) is 11.0 Å². The van der Waals surface area contributed by atoms with Gasteiger partial charge in [-0.15, -0.1) is 10.2 Å². The molecule has 5 rings (SSSR count). The Balaban J connectivity index is 1.48. The second-order valence-corrected chi connectivity index (χ2v) is 9.07. The first-order valence-electron chi connectivity index (χ1n) is 11.1. The lowest BCUT2D eigenvalue weighted by atomic mass is 10.0. The summed E-state index contributed by atoms with van der Waals surface area (Å²) in [6.45, 7) is 2.11. The van der Waals surface area contributed by atoms with Crippen molar-refractivity contribution in [2.45, 2.75) is 29.8 Å². The molecule has 2 N–H and O–H groups in total. The molecule has 0 saturated heterocycles. The van der Waals surface area contributed by atoms with Crippen LogP contribution in [0.4, 0.5) is 5.69 Å². The summed E-state index contributed by atoms with van der Waals surface area (Å²) < 4.78 is 7.19. The molecule has 0 spiro atoms. The maximum atomic E-state index is 13.5. The Hall–Kier alpha value is -3.78. The molecular formula is C26H25N5O2S.